The van der Waals surface area contributed by atoms with Gasteiger partial charge < -0.3 is 0 Å². The molecule has 0 aliphatic heterocycles. The maximum absolute atomic E-state index is 12.6. The number of hydrogen-bond donors (Lipinski definition) is 0. The first kappa shape index (κ1) is 12.8. The number of hydrogen-bond acceptors (Lipinski definition) is 4. The molecule has 4 nitrogen and oxygen atoms in total. The summed E-state index contributed by atoms with van der Waals surface area (Å²) in [6.07, 6.45) is -3.12. The maximum Gasteiger partial charge on any atom is 0.281 e. The topological polar surface area (TPSA) is 70.8 Å². The highest BCUT2D eigenvalue weighted by atomic mass is 35.7. The van der Waals surface area contributed by atoms with Gasteiger partial charge in [0.25, 0.3) is 15.5 Å². The van der Waals surface area contributed by atoms with E-state index in [4.69, 9.17) is 15.9 Å². The number of alkyl halides is 2. The van der Waals surface area contributed by atoms with Crippen molar-refractivity contribution in [3.05, 3.63) is 23.0 Å². The molecular formula is C8H5ClF2N2O2S. The summed E-state index contributed by atoms with van der Waals surface area (Å²) < 4.78 is 47.3. The molecule has 8 heteroatoms. The first-order valence-electron chi connectivity index (χ1n) is 3.92. The fraction of sp³-hybridized carbons (Fsp3) is 0.250. The number of aromatic nitrogens is 1. The van der Waals surface area contributed by atoms with Gasteiger partial charge in [-0.3, -0.25) is 0 Å². The molecule has 0 N–H and O–H groups in total. The molecule has 86 valence electrons. The summed E-state index contributed by atoms with van der Waals surface area (Å²) in [6, 6.07) is 2.64. The van der Waals surface area contributed by atoms with Crippen LogP contribution in [-0.4, -0.2) is 13.4 Å². The summed E-state index contributed by atoms with van der Waals surface area (Å²) in [4.78, 5) is 2.51. The monoisotopic (exact) mass is 266 g/mol. The van der Waals surface area contributed by atoms with Crippen molar-refractivity contribution in [2.24, 2.45) is 0 Å². The number of nitriles is 1. The second-order valence-electron chi connectivity index (χ2n) is 2.89. The van der Waals surface area contributed by atoms with Gasteiger partial charge in [-0.05, 0) is 18.6 Å². The number of rotatable bonds is 2. The summed E-state index contributed by atoms with van der Waals surface area (Å²) in [5.74, 6) is 0. The molecule has 0 saturated carbocycles. The predicted octanol–water partition coefficient (Wildman–Crippen LogP) is 2.13. The molecule has 0 aliphatic rings. The number of nitrogens with zero attached hydrogens (tertiary/aromatic N) is 2. The second-order valence-corrected chi connectivity index (χ2v) is 5.39. The van der Waals surface area contributed by atoms with Crippen LogP contribution in [0.25, 0.3) is 0 Å². The van der Waals surface area contributed by atoms with Crippen molar-refractivity contribution in [3.63, 3.8) is 0 Å². The van der Waals surface area contributed by atoms with Crippen LogP contribution in [0.4, 0.5) is 8.78 Å². The standard InChI is InChI=1S/C8H5ClF2N2O2S/c1-4-2-5(3-12)13-6(8(10)11)7(4)16(9,14)15/h2,8H,1H3. The van der Waals surface area contributed by atoms with Crippen molar-refractivity contribution in [3.8, 4) is 6.07 Å². The summed E-state index contributed by atoms with van der Waals surface area (Å²) in [5.41, 5.74) is -1.31. The Labute approximate surface area is 94.9 Å². The Morgan fingerprint density at radius 2 is 2.12 bits per heavy atom. The molecule has 16 heavy (non-hydrogen) atoms. The molecule has 0 radical (unpaired) electrons. The Kier molecular flexibility index (Phi) is 3.45. The average Bonchev–Trinajstić information content (AvgIpc) is 2.14. The third-order valence-corrected chi connectivity index (χ3v) is 3.23. The number of aryl methyl sites for hydroxylation is 1. The van der Waals surface area contributed by atoms with E-state index in [1.54, 1.807) is 6.07 Å². The highest BCUT2D eigenvalue weighted by Crippen LogP contribution is 2.30. The zero-order valence-electron chi connectivity index (χ0n) is 7.91. The minimum absolute atomic E-state index is 0.0307. The fourth-order valence-electron chi connectivity index (χ4n) is 1.21. The largest absolute Gasteiger partial charge is 0.281 e. The van der Waals surface area contributed by atoms with Crippen LogP contribution >= 0.6 is 10.7 Å². The molecule has 1 aromatic rings. The second kappa shape index (κ2) is 4.31. The van der Waals surface area contributed by atoms with Crippen LogP contribution in [-0.2, 0) is 9.05 Å². The first-order chi connectivity index (χ1) is 7.27. The highest BCUT2D eigenvalue weighted by molar-refractivity contribution is 8.13. The number of halogens is 3. The minimum atomic E-state index is -4.31. The molecule has 0 spiro atoms. The van der Waals surface area contributed by atoms with Gasteiger partial charge in [0.15, 0.2) is 0 Å². The predicted molar refractivity (Wildman–Crippen MR) is 51.7 cm³/mol. The molecule has 1 heterocycles. The normalized spacial score (nSPS) is 11.5. The van der Waals surface area contributed by atoms with Gasteiger partial charge in [0.1, 0.15) is 22.4 Å². The Balaban J connectivity index is 3.68. The van der Waals surface area contributed by atoms with Crippen molar-refractivity contribution >= 4 is 19.7 Å². The molecular weight excluding hydrogens is 262 g/mol. The van der Waals surface area contributed by atoms with E-state index in [-0.39, 0.29) is 11.3 Å². The number of pyridine rings is 1. The highest BCUT2D eigenvalue weighted by Gasteiger charge is 2.26. The van der Waals surface area contributed by atoms with E-state index in [2.05, 4.69) is 4.98 Å². The third kappa shape index (κ3) is 2.46. The van der Waals surface area contributed by atoms with Crippen molar-refractivity contribution in [2.45, 2.75) is 18.2 Å². The van der Waals surface area contributed by atoms with Gasteiger partial charge in [0.2, 0.25) is 0 Å². The SMILES string of the molecule is Cc1cc(C#N)nc(C(F)F)c1S(=O)(=O)Cl. The molecule has 0 saturated heterocycles. The fourth-order valence-corrected chi connectivity index (χ4v) is 2.64. The lowest BCUT2D eigenvalue weighted by atomic mass is 10.2. The molecule has 0 atom stereocenters. The van der Waals surface area contributed by atoms with Crippen molar-refractivity contribution in [1.29, 1.82) is 5.26 Å². The van der Waals surface area contributed by atoms with Crippen LogP contribution < -0.4 is 0 Å². The maximum atomic E-state index is 12.6. The van der Waals surface area contributed by atoms with Gasteiger partial charge in [-0.15, -0.1) is 0 Å². The molecule has 0 aromatic carbocycles. The average molecular weight is 267 g/mol. The van der Waals surface area contributed by atoms with Gasteiger partial charge >= 0.3 is 0 Å². The van der Waals surface area contributed by atoms with Crippen molar-refractivity contribution in [1.82, 2.24) is 4.98 Å². The minimum Gasteiger partial charge on any atom is -0.235 e. The first-order valence-corrected chi connectivity index (χ1v) is 6.22. The molecule has 1 aromatic heterocycles. The Morgan fingerprint density at radius 3 is 2.50 bits per heavy atom. The van der Waals surface area contributed by atoms with Gasteiger partial charge in [-0.1, -0.05) is 0 Å². The lowest BCUT2D eigenvalue weighted by Crippen LogP contribution is -2.06. The van der Waals surface area contributed by atoms with Crippen LogP contribution in [0.3, 0.4) is 0 Å². The van der Waals surface area contributed by atoms with Crippen LogP contribution in [0, 0.1) is 18.3 Å². The van der Waals surface area contributed by atoms with E-state index in [0.717, 1.165) is 6.07 Å². The van der Waals surface area contributed by atoms with E-state index in [1.165, 1.54) is 6.92 Å². The van der Waals surface area contributed by atoms with E-state index < -0.39 is 26.1 Å². The van der Waals surface area contributed by atoms with Gasteiger partial charge in [0.05, 0.1) is 0 Å². The Morgan fingerprint density at radius 1 is 1.56 bits per heavy atom. The van der Waals surface area contributed by atoms with Crippen molar-refractivity contribution in [2.75, 3.05) is 0 Å². The molecule has 0 unspecified atom stereocenters. The van der Waals surface area contributed by atoms with E-state index in [0.29, 0.717) is 0 Å². The van der Waals surface area contributed by atoms with Crippen LogP contribution in [0.5, 0.6) is 0 Å². The molecule has 0 fully saturated rings. The van der Waals surface area contributed by atoms with E-state index in [9.17, 15) is 17.2 Å². The lowest BCUT2D eigenvalue weighted by Gasteiger charge is -2.08. The summed E-state index contributed by atoms with van der Waals surface area (Å²) in [6.45, 7) is 1.27. The summed E-state index contributed by atoms with van der Waals surface area (Å²) in [5, 5.41) is 8.52. The summed E-state index contributed by atoms with van der Waals surface area (Å²) >= 11 is 0. The van der Waals surface area contributed by atoms with Crippen LogP contribution in [0.2, 0.25) is 0 Å². The molecule has 1 rings (SSSR count). The van der Waals surface area contributed by atoms with Gasteiger partial charge in [-0.25, -0.2) is 22.2 Å². The van der Waals surface area contributed by atoms with Gasteiger partial charge in [-0.2, -0.15) is 5.26 Å². The van der Waals surface area contributed by atoms with E-state index in [1.807, 2.05) is 0 Å². The van der Waals surface area contributed by atoms with Crippen LogP contribution in [0.1, 0.15) is 23.4 Å². The quantitative estimate of drug-likeness (QED) is 0.769. The smallest absolute Gasteiger partial charge is 0.235 e. The van der Waals surface area contributed by atoms with Crippen LogP contribution in [0.15, 0.2) is 11.0 Å². The summed E-state index contributed by atoms with van der Waals surface area (Å²) in [7, 11) is 0.711. The zero-order chi connectivity index (χ0) is 12.5. The molecule has 0 amide bonds. The van der Waals surface area contributed by atoms with E-state index >= 15 is 0 Å². The lowest BCUT2D eigenvalue weighted by molar-refractivity contribution is 0.142. The third-order valence-electron chi connectivity index (χ3n) is 1.75. The Hall–Kier alpha value is -1.26. The zero-order valence-corrected chi connectivity index (χ0v) is 9.48. The Bertz CT molecular complexity index is 566. The van der Waals surface area contributed by atoms with Crippen molar-refractivity contribution < 1.29 is 17.2 Å². The molecule has 0 bridgehead atoms. The van der Waals surface area contributed by atoms with Gasteiger partial charge in [0, 0.05) is 10.7 Å². The molecule has 0 aliphatic carbocycles.